The zero-order chi connectivity index (χ0) is 22.5. The number of hydrogen-bond acceptors (Lipinski definition) is 7. The van der Waals surface area contributed by atoms with Gasteiger partial charge in [-0.05, 0) is 24.3 Å². The van der Waals surface area contributed by atoms with Crippen LogP contribution in [-0.4, -0.2) is 62.5 Å². The van der Waals surface area contributed by atoms with E-state index in [0.29, 0.717) is 21.7 Å². The molecular weight excluding hydrogens is 446 g/mol. The molecule has 0 amide bonds. The van der Waals surface area contributed by atoms with Gasteiger partial charge in [-0.1, -0.05) is 23.7 Å². The number of aliphatic hydroxyl groups is 1. The van der Waals surface area contributed by atoms with Crippen molar-refractivity contribution in [1.82, 2.24) is 19.7 Å². The maximum Gasteiger partial charge on any atom is 0.212 e. The Bertz CT molecular complexity index is 1360. The van der Waals surface area contributed by atoms with Gasteiger partial charge in [0.2, 0.25) is 5.88 Å². The molecule has 0 saturated carbocycles. The smallest absolute Gasteiger partial charge is 0.212 e. The second kappa shape index (κ2) is 7.86. The molecule has 0 aliphatic carbocycles. The van der Waals surface area contributed by atoms with Crippen LogP contribution in [0.15, 0.2) is 48.8 Å². The van der Waals surface area contributed by atoms with Crippen molar-refractivity contribution in [3.63, 3.8) is 0 Å². The van der Waals surface area contributed by atoms with Crippen molar-refractivity contribution in [3.05, 3.63) is 59.4 Å². The van der Waals surface area contributed by atoms with E-state index in [1.165, 1.54) is 0 Å². The normalized spacial score (nSPS) is 24.2. The number of pyridine rings is 1. The van der Waals surface area contributed by atoms with Gasteiger partial charge >= 0.3 is 0 Å². The third-order valence-electron chi connectivity index (χ3n) is 5.96. The summed E-state index contributed by atoms with van der Waals surface area (Å²) in [5, 5.41) is 24.5. The first kappa shape index (κ1) is 20.2. The number of benzene rings is 1. The summed E-state index contributed by atoms with van der Waals surface area (Å²) in [5.74, 6) is 0.279. The van der Waals surface area contributed by atoms with Crippen molar-refractivity contribution in [2.45, 2.75) is 24.4 Å². The van der Waals surface area contributed by atoms with Gasteiger partial charge in [0.1, 0.15) is 35.5 Å². The number of nitrogens with zero attached hydrogens (tertiary/aromatic N) is 4. The highest BCUT2D eigenvalue weighted by atomic mass is 35.5. The number of aliphatic hydroxyl groups excluding tert-OH is 1. The molecule has 5 heterocycles. The molecule has 0 bridgehead atoms. The second-order valence-corrected chi connectivity index (χ2v) is 8.38. The Morgan fingerprint density at radius 1 is 1.21 bits per heavy atom. The highest BCUT2D eigenvalue weighted by Crippen LogP contribution is 2.36. The first-order chi connectivity index (χ1) is 16.1. The van der Waals surface area contributed by atoms with Crippen molar-refractivity contribution >= 4 is 22.6 Å². The number of hydrogen-bond donors (Lipinski definition) is 2. The Balaban J connectivity index is 1.34. The van der Waals surface area contributed by atoms with Crippen LogP contribution in [-0.2, 0) is 9.47 Å². The number of halogens is 1. The van der Waals surface area contributed by atoms with Crippen LogP contribution < -0.4 is 4.74 Å². The fraction of sp³-hybridized carbons (Fsp3) is 0.261. The van der Waals surface area contributed by atoms with Crippen molar-refractivity contribution in [2.75, 3.05) is 13.2 Å². The van der Waals surface area contributed by atoms with Crippen LogP contribution in [0.5, 0.6) is 5.88 Å². The molecule has 2 saturated heterocycles. The highest BCUT2D eigenvalue weighted by molar-refractivity contribution is 6.33. The summed E-state index contributed by atoms with van der Waals surface area (Å²) < 4.78 is 19.0. The Morgan fingerprint density at radius 2 is 2.03 bits per heavy atom. The highest BCUT2D eigenvalue weighted by Gasteiger charge is 2.48. The number of fused-ring (bicyclic) bond motifs is 2. The zero-order valence-electron chi connectivity index (χ0n) is 17.2. The van der Waals surface area contributed by atoms with Gasteiger partial charge in [0, 0.05) is 18.0 Å². The lowest BCUT2D eigenvalue weighted by Crippen LogP contribution is -2.34. The van der Waals surface area contributed by atoms with Crippen molar-refractivity contribution in [3.8, 4) is 28.9 Å². The van der Waals surface area contributed by atoms with Gasteiger partial charge in [-0.15, -0.1) is 0 Å². The summed E-state index contributed by atoms with van der Waals surface area (Å²) in [4.78, 5) is 7.79. The molecule has 3 aromatic heterocycles. The number of nitriles is 1. The third-order valence-corrected chi connectivity index (χ3v) is 6.25. The molecule has 166 valence electrons. The van der Waals surface area contributed by atoms with E-state index >= 15 is 0 Å². The molecule has 2 N–H and O–H groups in total. The number of rotatable bonds is 4. The quantitative estimate of drug-likeness (QED) is 0.477. The molecule has 4 atom stereocenters. The molecule has 9 nitrogen and oxygen atoms in total. The topological polar surface area (TPSA) is 118 Å². The molecule has 10 heteroatoms. The van der Waals surface area contributed by atoms with Gasteiger partial charge < -0.3 is 24.3 Å². The second-order valence-electron chi connectivity index (χ2n) is 7.97. The fourth-order valence-electron chi connectivity index (χ4n) is 4.35. The van der Waals surface area contributed by atoms with Crippen LogP contribution in [0.25, 0.3) is 28.0 Å². The predicted molar refractivity (Wildman–Crippen MR) is 118 cm³/mol. The maximum absolute atomic E-state index is 9.94. The van der Waals surface area contributed by atoms with E-state index in [0.717, 1.165) is 11.3 Å². The SMILES string of the molecule is N#Cc1c(O[C@@H]2CO[C@H]3[C@@H]2OC[C@H]3O)[nH]c2cc(Cl)c(-c3ccc(-n4cccn4)cc3)nc12. The Hall–Kier alpha value is -3.42. The molecule has 0 unspecified atom stereocenters. The summed E-state index contributed by atoms with van der Waals surface area (Å²) in [5.41, 5.74) is 3.61. The van der Waals surface area contributed by atoms with Crippen molar-refractivity contribution in [2.24, 2.45) is 0 Å². The van der Waals surface area contributed by atoms with Gasteiger partial charge in [-0.3, -0.25) is 0 Å². The van der Waals surface area contributed by atoms with Crippen LogP contribution >= 0.6 is 11.6 Å². The summed E-state index contributed by atoms with van der Waals surface area (Å²) in [7, 11) is 0. The average Bonchev–Trinajstić information content (AvgIpc) is 3.60. The van der Waals surface area contributed by atoms with Gasteiger partial charge in [-0.25, -0.2) is 9.67 Å². The molecule has 0 spiro atoms. The van der Waals surface area contributed by atoms with E-state index in [1.54, 1.807) is 16.9 Å². The minimum Gasteiger partial charge on any atom is -0.469 e. The number of nitrogens with one attached hydrogen (secondary N) is 1. The van der Waals surface area contributed by atoms with Gasteiger partial charge in [-0.2, -0.15) is 10.4 Å². The fourth-order valence-corrected chi connectivity index (χ4v) is 4.61. The lowest BCUT2D eigenvalue weighted by Gasteiger charge is -2.16. The molecule has 2 aliphatic heterocycles. The van der Waals surface area contributed by atoms with Gasteiger partial charge in [0.15, 0.2) is 6.10 Å². The third kappa shape index (κ3) is 3.35. The number of ether oxygens (including phenoxy) is 3. The molecule has 1 aromatic carbocycles. The molecule has 4 aromatic rings. The van der Waals surface area contributed by atoms with Crippen LogP contribution in [0.3, 0.4) is 0 Å². The van der Waals surface area contributed by atoms with E-state index in [9.17, 15) is 10.4 Å². The number of H-pyrrole nitrogens is 1. The van der Waals surface area contributed by atoms with Crippen molar-refractivity contribution < 1.29 is 19.3 Å². The largest absolute Gasteiger partial charge is 0.469 e. The van der Waals surface area contributed by atoms with E-state index in [2.05, 4.69) is 16.2 Å². The minimum absolute atomic E-state index is 0.201. The van der Waals surface area contributed by atoms with Crippen LogP contribution in [0.2, 0.25) is 5.02 Å². The average molecular weight is 464 g/mol. The lowest BCUT2D eigenvalue weighted by molar-refractivity contribution is 0.00789. The lowest BCUT2D eigenvalue weighted by atomic mass is 10.1. The van der Waals surface area contributed by atoms with Crippen LogP contribution in [0, 0.1) is 11.3 Å². The van der Waals surface area contributed by atoms with E-state index in [1.807, 2.05) is 36.5 Å². The van der Waals surface area contributed by atoms with Gasteiger partial charge in [0.25, 0.3) is 0 Å². The monoisotopic (exact) mass is 463 g/mol. The van der Waals surface area contributed by atoms with Gasteiger partial charge in [0.05, 0.1) is 35.1 Å². The summed E-state index contributed by atoms with van der Waals surface area (Å²) >= 11 is 6.55. The van der Waals surface area contributed by atoms with E-state index < -0.39 is 24.4 Å². The Labute approximate surface area is 193 Å². The molecule has 6 rings (SSSR count). The van der Waals surface area contributed by atoms with E-state index in [-0.39, 0.29) is 24.7 Å². The molecule has 2 aliphatic rings. The van der Waals surface area contributed by atoms with Crippen LogP contribution in [0.1, 0.15) is 5.56 Å². The molecular formula is C23H18ClN5O4. The maximum atomic E-state index is 9.94. The number of aromatic amines is 1. The minimum atomic E-state index is -0.676. The molecule has 33 heavy (non-hydrogen) atoms. The van der Waals surface area contributed by atoms with E-state index in [4.69, 9.17) is 30.8 Å². The first-order valence-corrected chi connectivity index (χ1v) is 10.8. The van der Waals surface area contributed by atoms with Crippen LogP contribution in [0.4, 0.5) is 0 Å². The summed E-state index contributed by atoms with van der Waals surface area (Å²) in [6.07, 6.45) is 1.64. The molecule has 2 fully saturated rings. The summed E-state index contributed by atoms with van der Waals surface area (Å²) in [6.45, 7) is 0.460. The standard InChI is InChI=1S/C23H18ClN5O4/c24-15-8-16-20(28-19(15)12-2-4-13(5-3-12)29-7-1-6-26-29)14(9-25)23(27-16)33-18-11-32-21-17(30)10-31-22(18)21/h1-8,17-18,21-22,27,30H,10-11H2/t17-,18-,21-,22-/m1/s1. The summed E-state index contributed by atoms with van der Waals surface area (Å²) in [6, 6.07) is 13.4. The predicted octanol–water partition coefficient (Wildman–Crippen LogP) is 2.85. The first-order valence-electron chi connectivity index (χ1n) is 10.4. The Morgan fingerprint density at radius 3 is 2.79 bits per heavy atom. The number of aromatic nitrogens is 4. The molecule has 0 radical (unpaired) electrons. The van der Waals surface area contributed by atoms with Crippen molar-refractivity contribution in [1.29, 1.82) is 5.26 Å². The zero-order valence-corrected chi connectivity index (χ0v) is 17.9. The Kier molecular flexibility index (Phi) is 4.81.